The van der Waals surface area contributed by atoms with Crippen molar-refractivity contribution in [2.45, 2.75) is 12.5 Å². The number of hydrogen-bond acceptors (Lipinski definition) is 4. The molecule has 3 heterocycles. The summed E-state index contributed by atoms with van der Waals surface area (Å²) in [6.07, 6.45) is 4.46. The van der Waals surface area contributed by atoms with Gasteiger partial charge in [-0.05, 0) is 34.6 Å². The summed E-state index contributed by atoms with van der Waals surface area (Å²) in [6.45, 7) is 1.11. The van der Waals surface area contributed by atoms with E-state index in [1.54, 1.807) is 6.20 Å². The second-order valence-corrected chi connectivity index (χ2v) is 6.99. The molecule has 0 fully saturated rings. The van der Waals surface area contributed by atoms with Crippen LogP contribution in [0.2, 0.25) is 0 Å². The minimum atomic E-state index is -0.0780. The van der Waals surface area contributed by atoms with Crippen LogP contribution in [0.25, 0.3) is 11.1 Å². The van der Waals surface area contributed by atoms with Crippen molar-refractivity contribution in [3.8, 4) is 11.1 Å². The molecule has 0 bridgehead atoms. The van der Waals surface area contributed by atoms with Gasteiger partial charge in [-0.15, -0.1) is 11.3 Å². The van der Waals surface area contributed by atoms with Gasteiger partial charge in [0.2, 0.25) is 0 Å². The first-order chi connectivity index (χ1) is 12.3. The van der Waals surface area contributed by atoms with Gasteiger partial charge in [-0.1, -0.05) is 36.4 Å². The zero-order valence-electron chi connectivity index (χ0n) is 13.8. The number of hydrogen-bond donors (Lipinski definition) is 1. The Morgan fingerprint density at radius 2 is 2.04 bits per heavy atom. The van der Waals surface area contributed by atoms with E-state index in [-0.39, 0.29) is 11.9 Å². The van der Waals surface area contributed by atoms with E-state index in [0.29, 0.717) is 13.1 Å². The molecule has 1 amide bonds. The Hall–Kier alpha value is -2.50. The van der Waals surface area contributed by atoms with Crippen molar-refractivity contribution in [3.05, 3.63) is 76.2 Å². The molecule has 1 aromatic carbocycles. The second kappa shape index (κ2) is 6.78. The van der Waals surface area contributed by atoms with Gasteiger partial charge in [0.1, 0.15) is 0 Å². The van der Waals surface area contributed by atoms with Gasteiger partial charge in [-0.25, -0.2) is 0 Å². The molecule has 0 radical (unpaired) electrons. The molecule has 5 heteroatoms. The van der Waals surface area contributed by atoms with Crippen molar-refractivity contribution in [2.75, 3.05) is 13.1 Å². The Morgan fingerprint density at radius 3 is 2.76 bits per heavy atom. The van der Waals surface area contributed by atoms with Gasteiger partial charge in [0, 0.05) is 31.0 Å². The number of aromatic nitrogens is 1. The molecular formula is C20H19N3OS. The molecule has 2 N–H and O–H groups in total. The maximum absolute atomic E-state index is 13.1. The first-order valence-corrected chi connectivity index (χ1v) is 9.24. The van der Waals surface area contributed by atoms with Crippen LogP contribution in [-0.4, -0.2) is 28.9 Å². The van der Waals surface area contributed by atoms with Crippen LogP contribution in [-0.2, 0) is 6.42 Å². The lowest BCUT2D eigenvalue weighted by Gasteiger charge is -2.34. The highest BCUT2D eigenvalue weighted by Gasteiger charge is 2.32. The predicted octanol–water partition coefficient (Wildman–Crippen LogP) is 3.51. The van der Waals surface area contributed by atoms with Crippen LogP contribution >= 0.6 is 11.3 Å². The van der Waals surface area contributed by atoms with E-state index in [1.165, 1.54) is 11.3 Å². The number of fused-ring (bicyclic) bond motifs is 1. The van der Waals surface area contributed by atoms with E-state index in [0.717, 1.165) is 33.6 Å². The fourth-order valence-electron chi connectivity index (χ4n) is 3.45. The molecule has 1 aliphatic heterocycles. The van der Waals surface area contributed by atoms with Gasteiger partial charge < -0.3 is 10.6 Å². The molecule has 3 aromatic rings. The first-order valence-electron chi connectivity index (χ1n) is 8.36. The third-order valence-corrected chi connectivity index (χ3v) is 5.72. The smallest absolute Gasteiger partial charge is 0.264 e. The lowest BCUT2D eigenvalue weighted by Crippen LogP contribution is -2.42. The number of carbonyl (C=O) groups is 1. The summed E-state index contributed by atoms with van der Waals surface area (Å²) < 4.78 is 0. The second-order valence-electron chi connectivity index (χ2n) is 6.11. The van der Waals surface area contributed by atoms with Crippen molar-refractivity contribution in [2.24, 2.45) is 5.73 Å². The fraction of sp³-hybridized carbons (Fsp3) is 0.200. The van der Waals surface area contributed by atoms with Gasteiger partial charge in [0.25, 0.3) is 5.91 Å². The van der Waals surface area contributed by atoms with Crippen molar-refractivity contribution >= 4 is 17.2 Å². The van der Waals surface area contributed by atoms with Crippen molar-refractivity contribution in [1.29, 1.82) is 0 Å². The minimum absolute atomic E-state index is 0.0780. The molecule has 0 spiro atoms. The molecule has 25 heavy (non-hydrogen) atoms. The third-order valence-electron chi connectivity index (χ3n) is 4.71. The number of pyridine rings is 1. The Labute approximate surface area is 150 Å². The van der Waals surface area contributed by atoms with E-state index >= 15 is 0 Å². The van der Waals surface area contributed by atoms with E-state index in [9.17, 15) is 4.79 Å². The van der Waals surface area contributed by atoms with Crippen LogP contribution in [0, 0.1) is 0 Å². The third kappa shape index (κ3) is 2.86. The van der Waals surface area contributed by atoms with Crippen LogP contribution in [0.15, 0.2) is 60.2 Å². The Balaban J connectivity index is 1.67. The molecule has 4 nitrogen and oxygen atoms in total. The Bertz CT molecular complexity index is 876. The van der Waals surface area contributed by atoms with Crippen molar-refractivity contribution < 1.29 is 4.79 Å². The summed E-state index contributed by atoms with van der Waals surface area (Å²) in [4.78, 5) is 20.0. The molecule has 4 rings (SSSR count). The zero-order chi connectivity index (χ0) is 17.2. The van der Waals surface area contributed by atoms with Crippen LogP contribution in [0.5, 0.6) is 0 Å². The maximum Gasteiger partial charge on any atom is 0.264 e. The highest BCUT2D eigenvalue weighted by Crippen LogP contribution is 2.37. The molecule has 0 aliphatic carbocycles. The van der Waals surface area contributed by atoms with Crippen LogP contribution < -0.4 is 5.73 Å². The molecular weight excluding hydrogens is 330 g/mol. The number of nitrogens with zero attached hydrogens (tertiary/aromatic N) is 2. The molecule has 126 valence electrons. The van der Waals surface area contributed by atoms with Crippen LogP contribution in [0.3, 0.4) is 0 Å². The van der Waals surface area contributed by atoms with Gasteiger partial charge in [0.05, 0.1) is 10.9 Å². The molecule has 0 unspecified atom stereocenters. The first kappa shape index (κ1) is 16.0. The van der Waals surface area contributed by atoms with Crippen LogP contribution in [0.4, 0.5) is 0 Å². The Kier molecular flexibility index (Phi) is 4.34. The summed E-state index contributed by atoms with van der Waals surface area (Å²) in [5.74, 6) is 0.0840. The highest BCUT2D eigenvalue weighted by atomic mass is 32.1. The van der Waals surface area contributed by atoms with E-state index in [2.05, 4.69) is 10.4 Å². The molecule has 2 aromatic heterocycles. The normalized spacial score (nSPS) is 15.1. The highest BCUT2D eigenvalue weighted by molar-refractivity contribution is 7.12. The number of benzene rings is 1. The molecule has 1 atom stereocenters. The van der Waals surface area contributed by atoms with Crippen molar-refractivity contribution in [3.63, 3.8) is 0 Å². The Morgan fingerprint density at radius 1 is 1.20 bits per heavy atom. The summed E-state index contributed by atoms with van der Waals surface area (Å²) >= 11 is 1.52. The van der Waals surface area contributed by atoms with E-state index in [4.69, 9.17) is 5.73 Å². The number of rotatable bonds is 4. The standard InChI is InChI=1S/C20H19N3OS/c21-11-18(14-5-2-1-3-6-14)23-10-8-16-17(13-25-19(16)20(23)24)15-7-4-9-22-12-15/h1-7,9,12-13,18H,8,10-11,21H2/t18-/m1/s1. The maximum atomic E-state index is 13.1. The van der Waals surface area contributed by atoms with Gasteiger partial charge in [-0.3, -0.25) is 9.78 Å². The average molecular weight is 349 g/mol. The number of thiophene rings is 1. The molecule has 0 saturated heterocycles. The predicted molar refractivity (Wildman–Crippen MR) is 101 cm³/mol. The zero-order valence-corrected chi connectivity index (χ0v) is 14.6. The lowest BCUT2D eigenvalue weighted by atomic mass is 9.96. The van der Waals surface area contributed by atoms with Gasteiger partial charge in [0.15, 0.2) is 0 Å². The average Bonchev–Trinajstić information content (AvgIpc) is 3.11. The number of amides is 1. The largest absolute Gasteiger partial charge is 0.329 e. The molecule has 1 aliphatic rings. The van der Waals surface area contributed by atoms with Gasteiger partial charge >= 0.3 is 0 Å². The summed E-state index contributed by atoms with van der Waals surface area (Å²) in [5.41, 5.74) is 10.4. The summed E-state index contributed by atoms with van der Waals surface area (Å²) in [7, 11) is 0. The minimum Gasteiger partial charge on any atom is -0.329 e. The van der Waals surface area contributed by atoms with Crippen molar-refractivity contribution in [1.82, 2.24) is 9.88 Å². The topological polar surface area (TPSA) is 59.2 Å². The van der Waals surface area contributed by atoms with Gasteiger partial charge in [-0.2, -0.15) is 0 Å². The fourth-order valence-corrected chi connectivity index (χ4v) is 4.54. The quantitative estimate of drug-likeness (QED) is 0.784. The lowest BCUT2D eigenvalue weighted by molar-refractivity contribution is 0.0670. The number of carbonyl (C=O) groups excluding carboxylic acids is 1. The SMILES string of the molecule is NC[C@H](c1ccccc1)N1CCc2c(-c3cccnc3)csc2C1=O. The monoisotopic (exact) mass is 349 g/mol. The number of nitrogens with two attached hydrogens (primary N) is 1. The summed E-state index contributed by atoms with van der Waals surface area (Å²) in [5, 5.41) is 2.07. The van der Waals surface area contributed by atoms with E-state index in [1.807, 2.05) is 53.6 Å². The molecule has 0 saturated carbocycles. The summed E-state index contributed by atoms with van der Waals surface area (Å²) in [6, 6.07) is 13.9. The van der Waals surface area contributed by atoms with Crippen LogP contribution in [0.1, 0.15) is 26.8 Å². The van der Waals surface area contributed by atoms with E-state index < -0.39 is 0 Å².